The highest BCUT2D eigenvalue weighted by atomic mass is 16.6. The van der Waals surface area contributed by atoms with Gasteiger partial charge in [0.1, 0.15) is 5.54 Å². The molecule has 0 radical (unpaired) electrons. The molecule has 1 heterocycles. The zero-order chi connectivity index (χ0) is 16.7. The number of para-hydroxylation sites is 1. The highest BCUT2D eigenvalue weighted by Gasteiger charge is 2.42. The average molecular weight is 322 g/mol. The van der Waals surface area contributed by atoms with E-state index in [0.717, 1.165) is 25.3 Å². The van der Waals surface area contributed by atoms with E-state index in [4.69, 9.17) is 9.47 Å². The molecular formula is C17H26N2O4. The van der Waals surface area contributed by atoms with Crippen LogP contribution in [0.5, 0.6) is 0 Å². The Morgan fingerprint density at radius 3 is 2.52 bits per heavy atom. The maximum absolute atomic E-state index is 12.3. The molecule has 23 heavy (non-hydrogen) atoms. The second-order valence-electron chi connectivity index (χ2n) is 5.89. The number of ether oxygens (including phenoxy) is 2. The second kappa shape index (κ2) is 8.29. The van der Waals surface area contributed by atoms with Crippen LogP contribution >= 0.6 is 0 Å². The number of piperidine rings is 1. The molecule has 0 spiro atoms. The minimum absolute atomic E-state index is 0.224. The first-order valence-corrected chi connectivity index (χ1v) is 7.94. The molecular weight excluding hydrogens is 296 g/mol. The summed E-state index contributed by atoms with van der Waals surface area (Å²) in [6.07, 6.45) is 1.16. The number of benzene rings is 1. The number of nitrogens with zero attached hydrogens (tertiary/aromatic N) is 1. The van der Waals surface area contributed by atoms with Crippen LogP contribution in [0.4, 0.5) is 5.69 Å². The Kier molecular flexibility index (Phi) is 6.38. The van der Waals surface area contributed by atoms with Crippen molar-refractivity contribution in [1.82, 2.24) is 4.90 Å². The van der Waals surface area contributed by atoms with Crippen LogP contribution < -0.4 is 5.32 Å². The number of likely N-dealkylation sites (tertiary alicyclic amines) is 1. The van der Waals surface area contributed by atoms with Gasteiger partial charge in [-0.15, -0.1) is 0 Å². The van der Waals surface area contributed by atoms with Crippen LogP contribution in [0.25, 0.3) is 0 Å². The molecule has 1 atom stereocenters. The average Bonchev–Trinajstić information content (AvgIpc) is 2.61. The lowest BCUT2D eigenvalue weighted by Gasteiger charge is -2.40. The van der Waals surface area contributed by atoms with Crippen LogP contribution in [0.2, 0.25) is 0 Å². The van der Waals surface area contributed by atoms with Crippen molar-refractivity contribution >= 4 is 11.7 Å². The Morgan fingerprint density at radius 1 is 1.30 bits per heavy atom. The van der Waals surface area contributed by atoms with Crippen molar-refractivity contribution in [2.24, 2.45) is 0 Å². The molecule has 128 valence electrons. The summed E-state index contributed by atoms with van der Waals surface area (Å²) in [5, 5.41) is 12.8. The van der Waals surface area contributed by atoms with E-state index < -0.39 is 11.8 Å². The molecule has 1 fully saturated rings. The summed E-state index contributed by atoms with van der Waals surface area (Å²) in [5.41, 5.74) is 0.230. The number of anilines is 1. The fraction of sp³-hybridized carbons (Fsp3) is 0.588. The van der Waals surface area contributed by atoms with Gasteiger partial charge in [0, 0.05) is 38.9 Å². The number of hydrogen-bond acceptors (Lipinski definition) is 6. The first-order valence-electron chi connectivity index (χ1n) is 7.94. The summed E-state index contributed by atoms with van der Waals surface area (Å²) in [6, 6.07) is 9.72. The van der Waals surface area contributed by atoms with Gasteiger partial charge < -0.3 is 24.8 Å². The fourth-order valence-electron chi connectivity index (χ4n) is 2.94. The quantitative estimate of drug-likeness (QED) is 0.585. The van der Waals surface area contributed by atoms with Gasteiger partial charge >= 0.3 is 5.97 Å². The predicted octanol–water partition coefficient (Wildman–Crippen LogP) is 1.46. The van der Waals surface area contributed by atoms with Crippen LogP contribution in [0.15, 0.2) is 30.3 Å². The first-order chi connectivity index (χ1) is 11.1. The Hall–Kier alpha value is -1.63. The third kappa shape index (κ3) is 4.67. The zero-order valence-corrected chi connectivity index (χ0v) is 13.8. The van der Waals surface area contributed by atoms with Gasteiger partial charge in [-0.25, -0.2) is 4.79 Å². The minimum atomic E-state index is -0.732. The predicted molar refractivity (Wildman–Crippen MR) is 88.1 cm³/mol. The maximum Gasteiger partial charge on any atom is 0.331 e. The fourth-order valence-corrected chi connectivity index (χ4v) is 2.94. The van der Waals surface area contributed by atoms with Gasteiger partial charge in [0.15, 0.2) is 6.29 Å². The molecule has 0 aliphatic carbocycles. The molecule has 1 aromatic carbocycles. The Morgan fingerprint density at radius 2 is 1.96 bits per heavy atom. The Bertz CT molecular complexity index is 487. The van der Waals surface area contributed by atoms with Gasteiger partial charge in [-0.3, -0.25) is 0 Å². The molecule has 1 unspecified atom stereocenters. The lowest BCUT2D eigenvalue weighted by molar-refractivity contribution is -0.148. The van der Waals surface area contributed by atoms with Crippen LogP contribution in [-0.4, -0.2) is 61.7 Å². The molecule has 1 aliphatic rings. The van der Waals surface area contributed by atoms with Crippen molar-refractivity contribution in [2.75, 3.05) is 39.2 Å². The molecule has 0 aromatic heterocycles. The van der Waals surface area contributed by atoms with Crippen molar-refractivity contribution in [3.05, 3.63) is 30.3 Å². The topological polar surface area (TPSA) is 71.0 Å². The highest BCUT2D eigenvalue weighted by Crippen LogP contribution is 2.28. The number of nitrogens with one attached hydrogen (secondary N) is 1. The zero-order valence-electron chi connectivity index (χ0n) is 13.8. The SMILES string of the molecule is COC(=O)C1(Nc2ccccc2)CCN(CCC(O)OC)CC1. The summed E-state index contributed by atoms with van der Waals surface area (Å²) in [4.78, 5) is 14.6. The van der Waals surface area contributed by atoms with Crippen LogP contribution in [0.3, 0.4) is 0 Å². The van der Waals surface area contributed by atoms with E-state index in [9.17, 15) is 9.90 Å². The maximum atomic E-state index is 12.3. The number of hydrogen-bond donors (Lipinski definition) is 2. The van der Waals surface area contributed by atoms with E-state index >= 15 is 0 Å². The number of rotatable bonds is 7. The number of aliphatic hydroxyl groups excluding tert-OH is 1. The second-order valence-corrected chi connectivity index (χ2v) is 5.89. The molecule has 6 heteroatoms. The van der Waals surface area contributed by atoms with Crippen molar-refractivity contribution in [1.29, 1.82) is 0 Å². The molecule has 2 rings (SSSR count). The number of carbonyl (C=O) groups is 1. The summed E-state index contributed by atoms with van der Waals surface area (Å²) >= 11 is 0. The summed E-state index contributed by atoms with van der Waals surface area (Å²) in [5.74, 6) is -0.224. The van der Waals surface area contributed by atoms with Gasteiger partial charge in [-0.2, -0.15) is 0 Å². The standard InChI is InChI=1S/C17H26N2O4/c1-22-15(20)8-11-19-12-9-17(10-13-19,16(21)23-2)18-14-6-4-3-5-7-14/h3-7,15,18,20H,8-13H2,1-2H3. The van der Waals surface area contributed by atoms with Crippen molar-refractivity contribution in [3.63, 3.8) is 0 Å². The van der Waals surface area contributed by atoms with E-state index in [1.807, 2.05) is 30.3 Å². The van der Waals surface area contributed by atoms with Crippen LogP contribution in [-0.2, 0) is 14.3 Å². The van der Waals surface area contributed by atoms with Crippen molar-refractivity contribution in [3.8, 4) is 0 Å². The van der Waals surface area contributed by atoms with Crippen molar-refractivity contribution < 1.29 is 19.4 Å². The number of carbonyl (C=O) groups excluding carboxylic acids is 1. The number of esters is 1. The Labute approximate surface area is 137 Å². The monoisotopic (exact) mass is 322 g/mol. The van der Waals surface area contributed by atoms with Gasteiger partial charge in [-0.05, 0) is 25.0 Å². The minimum Gasteiger partial charge on any atom is -0.467 e. The number of aliphatic hydroxyl groups is 1. The first kappa shape index (κ1) is 17.7. The van der Waals surface area contributed by atoms with E-state index in [2.05, 4.69) is 10.2 Å². The summed E-state index contributed by atoms with van der Waals surface area (Å²) < 4.78 is 9.90. The molecule has 0 saturated carbocycles. The van der Waals surface area contributed by atoms with E-state index in [1.54, 1.807) is 0 Å². The lowest BCUT2D eigenvalue weighted by atomic mass is 9.87. The third-order valence-electron chi connectivity index (χ3n) is 4.41. The van der Waals surface area contributed by atoms with Crippen molar-refractivity contribution in [2.45, 2.75) is 31.1 Å². The van der Waals surface area contributed by atoms with Gasteiger partial charge in [0.05, 0.1) is 7.11 Å². The smallest absolute Gasteiger partial charge is 0.331 e. The van der Waals surface area contributed by atoms with Crippen LogP contribution in [0, 0.1) is 0 Å². The summed E-state index contributed by atoms with van der Waals surface area (Å²) in [6.45, 7) is 2.29. The summed E-state index contributed by atoms with van der Waals surface area (Å²) in [7, 11) is 2.92. The van der Waals surface area contributed by atoms with Gasteiger partial charge in [-0.1, -0.05) is 18.2 Å². The highest BCUT2D eigenvalue weighted by molar-refractivity contribution is 5.84. The largest absolute Gasteiger partial charge is 0.467 e. The lowest BCUT2D eigenvalue weighted by Crippen LogP contribution is -2.55. The Balaban J connectivity index is 1.98. The molecule has 6 nitrogen and oxygen atoms in total. The molecule has 1 aromatic rings. The van der Waals surface area contributed by atoms with E-state index in [0.29, 0.717) is 19.3 Å². The van der Waals surface area contributed by atoms with Gasteiger partial charge in [0.25, 0.3) is 0 Å². The molecule has 0 amide bonds. The van der Waals surface area contributed by atoms with E-state index in [1.165, 1.54) is 14.2 Å². The van der Waals surface area contributed by atoms with Gasteiger partial charge in [0.2, 0.25) is 0 Å². The van der Waals surface area contributed by atoms with E-state index in [-0.39, 0.29) is 5.97 Å². The number of methoxy groups -OCH3 is 2. The molecule has 0 bridgehead atoms. The van der Waals surface area contributed by atoms with Crippen LogP contribution in [0.1, 0.15) is 19.3 Å². The third-order valence-corrected chi connectivity index (χ3v) is 4.41. The molecule has 1 aliphatic heterocycles. The molecule has 2 N–H and O–H groups in total. The normalized spacial score (nSPS) is 19.1. The molecule has 1 saturated heterocycles.